The smallest absolute Gasteiger partial charge is 0.129 e. The van der Waals surface area contributed by atoms with Crippen LogP contribution in [0, 0.1) is 23.1 Å². The number of nitrogens with zero attached hydrogens (tertiary/aromatic N) is 1. The van der Waals surface area contributed by atoms with Crippen molar-refractivity contribution in [1.29, 1.82) is 5.26 Å². The lowest BCUT2D eigenvalue weighted by atomic mass is 9.82. The van der Waals surface area contributed by atoms with Crippen LogP contribution in [0.1, 0.15) is 30.9 Å². The van der Waals surface area contributed by atoms with Crippen molar-refractivity contribution in [1.82, 2.24) is 5.32 Å². The molecule has 0 aromatic heterocycles. The second-order valence-electron chi connectivity index (χ2n) is 4.57. The van der Waals surface area contributed by atoms with Crippen LogP contribution >= 0.6 is 0 Å². The number of hydrogen-bond acceptors (Lipinski definition) is 2. The summed E-state index contributed by atoms with van der Waals surface area (Å²) < 4.78 is 13.5. The lowest BCUT2D eigenvalue weighted by molar-refractivity contribution is 0.239. The second kappa shape index (κ2) is 4.63. The van der Waals surface area contributed by atoms with Gasteiger partial charge in [-0.25, -0.2) is 4.39 Å². The summed E-state index contributed by atoms with van der Waals surface area (Å²) in [5.74, 6) is 0.502. The molecule has 1 saturated carbocycles. The van der Waals surface area contributed by atoms with E-state index in [1.807, 2.05) is 6.07 Å². The summed E-state index contributed by atoms with van der Waals surface area (Å²) in [5, 5.41) is 11.9. The molecule has 0 amide bonds. The summed E-state index contributed by atoms with van der Waals surface area (Å²) in [6.45, 7) is 2.77. The zero-order valence-electron chi connectivity index (χ0n) is 9.33. The van der Waals surface area contributed by atoms with Crippen LogP contribution in [0.25, 0.3) is 0 Å². The maximum atomic E-state index is 13.5. The molecule has 1 aromatic rings. The van der Waals surface area contributed by atoms with Crippen molar-refractivity contribution >= 4 is 0 Å². The van der Waals surface area contributed by atoms with Crippen molar-refractivity contribution in [3.05, 3.63) is 35.1 Å². The Labute approximate surface area is 95.1 Å². The molecule has 0 spiro atoms. The molecule has 0 radical (unpaired) electrons. The van der Waals surface area contributed by atoms with Gasteiger partial charge in [0.05, 0.1) is 11.6 Å². The van der Waals surface area contributed by atoms with Crippen LogP contribution in [-0.4, -0.2) is 6.04 Å². The highest BCUT2D eigenvalue weighted by molar-refractivity contribution is 5.32. The predicted octanol–water partition coefficient (Wildman–Crippen LogP) is 2.59. The van der Waals surface area contributed by atoms with Gasteiger partial charge in [-0.05, 0) is 30.9 Å². The normalized spacial score (nSPS) is 23.6. The minimum absolute atomic E-state index is 0.293. The van der Waals surface area contributed by atoms with Gasteiger partial charge in [0.25, 0.3) is 0 Å². The summed E-state index contributed by atoms with van der Waals surface area (Å²) in [5.41, 5.74) is 1.01. The monoisotopic (exact) mass is 218 g/mol. The molecule has 0 atom stereocenters. The van der Waals surface area contributed by atoms with Crippen LogP contribution in [0.4, 0.5) is 4.39 Å². The molecular formula is C13H15FN2. The van der Waals surface area contributed by atoms with Crippen molar-refractivity contribution in [2.75, 3.05) is 0 Å². The van der Waals surface area contributed by atoms with E-state index in [1.165, 1.54) is 18.9 Å². The fourth-order valence-corrected chi connectivity index (χ4v) is 2.08. The number of rotatable bonds is 3. The van der Waals surface area contributed by atoms with Crippen molar-refractivity contribution in [3.8, 4) is 6.07 Å². The van der Waals surface area contributed by atoms with Crippen LogP contribution in [0.5, 0.6) is 0 Å². The van der Waals surface area contributed by atoms with Gasteiger partial charge in [0.2, 0.25) is 0 Å². The van der Waals surface area contributed by atoms with E-state index in [9.17, 15) is 4.39 Å². The molecule has 1 aliphatic rings. The predicted molar refractivity (Wildman–Crippen MR) is 60.1 cm³/mol. The second-order valence-corrected chi connectivity index (χ2v) is 4.57. The molecular weight excluding hydrogens is 203 g/mol. The first-order chi connectivity index (χ1) is 7.69. The van der Waals surface area contributed by atoms with Crippen molar-refractivity contribution in [3.63, 3.8) is 0 Å². The van der Waals surface area contributed by atoms with Gasteiger partial charge in [0.15, 0.2) is 0 Å². The first-order valence-corrected chi connectivity index (χ1v) is 5.61. The Morgan fingerprint density at radius 1 is 1.50 bits per heavy atom. The Balaban J connectivity index is 1.92. The van der Waals surface area contributed by atoms with E-state index in [0.29, 0.717) is 23.7 Å². The first-order valence-electron chi connectivity index (χ1n) is 5.61. The number of hydrogen-bond donors (Lipinski definition) is 1. The van der Waals surface area contributed by atoms with Gasteiger partial charge in [-0.15, -0.1) is 0 Å². The highest BCUT2D eigenvalue weighted by Gasteiger charge is 2.24. The average Bonchev–Trinajstić information content (AvgIpc) is 2.24. The third-order valence-electron chi connectivity index (χ3n) is 3.14. The van der Waals surface area contributed by atoms with Crippen LogP contribution < -0.4 is 5.32 Å². The Morgan fingerprint density at radius 3 is 2.81 bits per heavy atom. The Morgan fingerprint density at radius 2 is 2.25 bits per heavy atom. The average molecular weight is 218 g/mol. The summed E-state index contributed by atoms with van der Waals surface area (Å²) in [7, 11) is 0. The quantitative estimate of drug-likeness (QED) is 0.846. The molecule has 84 valence electrons. The number of nitriles is 1. The molecule has 1 fully saturated rings. The van der Waals surface area contributed by atoms with Crippen molar-refractivity contribution in [2.24, 2.45) is 5.92 Å². The van der Waals surface area contributed by atoms with Gasteiger partial charge < -0.3 is 5.32 Å². The van der Waals surface area contributed by atoms with Gasteiger partial charge >= 0.3 is 0 Å². The van der Waals surface area contributed by atoms with E-state index < -0.39 is 0 Å². The van der Waals surface area contributed by atoms with E-state index in [2.05, 4.69) is 12.2 Å². The lowest BCUT2D eigenvalue weighted by Gasteiger charge is -2.33. The third-order valence-corrected chi connectivity index (χ3v) is 3.14. The minimum Gasteiger partial charge on any atom is -0.310 e. The van der Waals surface area contributed by atoms with E-state index in [-0.39, 0.29) is 5.82 Å². The third kappa shape index (κ3) is 2.40. The fraction of sp³-hybridized carbons (Fsp3) is 0.462. The first kappa shape index (κ1) is 11.1. The zero-order chi connectivity index (χ0) is 11.5. The van der Waals surface area contributed by atoms with Gasteiger partial charge in [-0.1, -0.05) is 13.0 Å². The fourth-order valence-electron chi connectivity index (χ4n) is 2.08. The maximum absolute atomic E-state index is 13.5. The largest absolute Gasteiger partial charge is 0.310 e. The van der Waals surface area contributed by atoms with E-state index >= 15 is 0 Å². The Bertz CT molecular complexity index is 416. The summed E-state index contributed by atoms with van der Waals surface area (Å²) in [6.07, 6.45) is 2.36. The molecule has 3 heteroatoms. The Kier molecular flexibility index (Phi) is 3.21. The van der Waals surface area contributed by atoms with Crippen LogP contribution in [0.2, 0.25) is 0 Å². The minimum atomic E-state index is -0.293. The molecule has 0 aliphatic heterocycles. The molecule has 0 saturated heterocycles. The molecule has 1 aromatic carbocycles. The van der Waals surface area contributed by atoms with Crippen LogP contribution in [-0.2, 0) is 6.54 Å². The summed E-state index contributed by atoms with van der Waals surface area (Å²) >= 11 is 0. The molecule has 1 aliphatic carbocycles. The van der Waals surface area contributed by atoms with Gasteiger partial charge in [0, 0.05) is 18.2 Å². The number of halogens is 1. The van der Waals surface area contributed by atoms with Gasteiger partial charge in [-0.2, -0.15) is 5.26 Å². The van der Waals surface area contributed by atoms with Crippen molar-refractivity contribution < 1.29 is 4.39 Å². The van der Waals surface area contributed by atoms with E-state index in [4.69, 9.17) is 5.26 Å². The zero-order valence-corrected chi connectivity index (χ0v) is 9.33. The highest BCUT2D eigenvalue weighted by atomic mass is 19.1. The van der Waals surface area contributed by atoms with Gasteiger partial charge in [-0.3, -0.25) is 0 Å². The number of nitrogens with one attached hydrogen (secondary N) is 1. The molecule has 2 rings (SSSR count). The maximum Gasteiger partial charge on any atom is 0.129 e. The Hall–Kier alpha value is -1.40. The molecule has 2 nitrogen and oxygen atoms in total. The van der Waals surface area contributed by atoms with Crippen LogP contribution in [0.3, 0.4) is 0 Å². The summed E-state index contributed by atoms with van der Waals surface area (Å²) in [4.78, 5) is 0. The van der Waals surface area contributed by atoms with E-state index in [0.717, 1.165) is 5.92 Å². The van der Waals surface area contributed by atoms with Gasteiger partial charge in [0.1, 0.15) is 5.82 Å². The van der Waals surface area contributed by atoms with Crippen molar-refractivity contribution in [2.45, 2.75) is 32.4 Å². The molecule has 0 unspecified atom stereocenters. The molecule has 16 heavy (non-hydrogen) atoms. The SMILES string of the molecule is CC1CC(NCc2ccc(C#N)cc2F)C1. The topological polar surface area (TPSA) is 35.8 Å². The standard InChI is InChI=1S/C13H15FN2/c1-9-4-12(5-9)16-8-11-3-2-10(7-15)6-13(11)14/h2-3,6,9,12,16H,4-5,8H2,1H3. The van der Waals surface area contributed by atoms with E-state index in [1.54, 1.807) is 12.1 Å². The molecule has 0 heterocycles. The lowest BCUT2D eigenvalue weighted by Crippen LogP contribution is -2.39. The highest BCUT2D eigenvalue weighted by Crippen LogP contribution is 2.26. The molecule has 1 N–H and O–H groups in total. The number of benzene rings is 1. The molecule has 0 bridgehead atoms. The summed E-state index contributed by atoms with van der Waals surface area (Å²) in [6, 6.07) is 7.09. The van der Waals surface area contributed by atoms with Crippen LogP contribution in [0.15, 0.2) is 18.2 Å².